The van der Waals surface area contributed by atoms with Crippen molar-refractivity contribution >= 4 is 17.4 Å². The topological polar surface area (TPSA) is 57.4 Å². The second kappa shape index (κ2) is 7.01. The highest BCUT2D eigenvalue weighted by Crippen LogP contribution is 2.26. The van der Waals surface area contributed by atoms with Crippen molar-refractivity contribution in [2.45, 2.75) is 13.3 Å². The number of halogens is 1. The van der Waals surface area contributed by atoms with E-state index in [0.29, 0.717) is 30.5 Å². The summed E-state index contributed by atoms with van der Waals surface area (Å²) in [6.45, 7) is 3.02. The van der Waals surface area contributed by atoms with Crippen LogP contribution in [-0.2, 0) is 6.42 Å². The van der Waals surface area contributed by atoms with E-state index >= 15 is 0 Å². The molecular formula is C15H17ClN2O2. The normalized spacial score (nSPS) is 10.3. The molecule has 0 aliphatic rings. The Kier molecular flexibility index (Phi) is 5.07. The molecule has 0 radical (unpaired) electrons. The molecule has 2 rings (SSSR count). The first-order chi connectivity index (χ1) is 9.70. The van der Waals surface area contributed by atoms with Crippen molar-refractivity contribution in [2.75, 3.05) is 18.9 Å². The van der Waals surface area contributed by atoms with Gasteiger partial charge in [-0.2, -0.15) is 0 Å². The van der Waals surface area contributed by atoms with Crippen molar-refractivity contribution in [3.8, 4) is 11.5 Å². The fourth-order valence-electron chi connectivity index (χ4n) is 1.81. The van der Waals surface area contributed by atoms with E-state index in [1.54, 1.807) is 0 Å². The maximum atomic E-state index is 5.90. The number of nitrogens with two attached hydrogens (primary N) is 1. The summed E-state index contributed by atoms with van der Waals surface area (Å²) in [4.78, 5) is 4.02. The summed E-state index contributed by atoms with van der Waals surface area (Å²) in [7, 11) is 0. The van der Waals surface area contributed by atoms with Gasteiger partial charge in [0.2, 0.25) is 0 Å². The summed E-state index contributed by atoms with van der Waals surface area (Å²) in [5.74, 6) is 1.95. The van der Waals surface area contributed by atoms with Gasteiger partial charge in [0.05, 0.1) is 18.2 Å². The Hall–Kier alpha value is -1.94. The fourth-order valence-corrected chi connectivity index (χ4v) is 1.99. The first-order valence-corrected chi connectivity index (χ1v) is 6.83. The smallest absolute Gasteiger partial charge is 0.161 e. The summed E-state index contributed by atoms with van der Waals surface area (Å²) >= 11 is 5.90. The molecule has 0 spiro atoms. The summed E-state index contributed by atoms with van der Waals surface area (Å²) in [6, 6.07) is 9.39. The molecule has 0 bridgehead atoms. The lowest BCUT2D eigenvalue weighted by atomic mass is 10.2. The van der Waals surface area contributed by atoms with Crippen LogP contribution in [-0.4, -0.2) is 18.2 Å². The predicted octanol–water partition coefficient (Wildman–Crippen LogP) is 3.34. The zero-order valence-corrected chi connectivity index (χ0v) is 12.1. The average molecular weight is 293 g/mol. The van der Waals surface area contributed by atoms with Gasteiger partial charge >= 0.3 is 0 Å². The molecule has 0 saturated heterocycles. The van der Waals surface area contributed by atoms with Crippen molar-refractivity contribution in [1.82, 2.24) is 4.98 Å². The van der Waals surface area contributed by atoms with Crippen molar-refractivity contribution in [1.29, 1.82) is 0 Å². The van der Waals surface area contributed by atoms with Gasteiger partial charge in [0, 0.05) is 12.6 Å². The molecule has 5 heteroatoms. The zero-order chi connectivity index (χ0) is 14.4. The molecule has 106 valence electrons. The molecule has 1 heterocycles. The third-order valence-corrected chi connectivity index (χ3v) is 2.95. The van der Waals surface area contributed by atoms with Gasteiger partial charge in [0.1, 0.15) is 5.82 Å². The average Bonchev–Trinajstić information content (AvgIpc) is 2.45. The van der Waals surface area contributed by atoms with E-state index < -0.39 is 0 Å². The number of pyridine rings is 1. The predicted molar refractivity (Wildman–Crippen MR) is 80.5 cm³/mol. The minimum absolute atomic E-state index is 0.482. The lowest BCUT2D eigenvalue weighted by molar-refractivity contribution is 0.279. The van der Waals surface area contributed by atoms with Gasteiger partial charge in [0.15, 0.2) is 11.5 Å². The number of hydrogen-bond donors (Lipinski definition) is 1. The Morgan fingerprint density at radius 2 is 1.90 bits per heavy atom. The molecule has 4 nitrogen and oxygen atoms in total. The van der Waals surface area contributed by atoms with Crippen LogP contribution < -0.4 is 15.2 Å². The Labute approximate surface area is 123 Å². The van der Waals surface area contributed by atoms with E-state index in [0.717, 1.165) is 17.1 Å². The van der Waals surface area contributed by atoms with Gasteiger partial charge in [-0.25, -0.2) is 4.98 Å². The molecular weight excluding hydrogens is 276 g/mol. The highest BCUT2D eigenvalue weighted by Gasteiger charge is 2.05. The maximum Gasteiger partial charge on any atom is 0.161 e. The largest absolute Gasteiger partial charge is 0.490 e. The van der Waals surface area contributed by atoms with Crippen LogP contribution >= 0.6 is 11.6 Å². The standard InChI is InChI=1S/C15H17ClN2O2/c1-2-19-13-5-3-4-6-14(13)20-8-7-11-9-12(16)10-18-15(11)17/h3-6,9-10H,2,7-8H2,1H3,(H2,17,18). The van der Waals surface area contributed by atoms with Crippen LogP contribution in [0.25, 0.3) is 0 Å². The second-order valence-electron chi connectivity index (χ2n) is 4.18. The minimum atomic E-state index is 0.482. The molecule has 0 saturated carbocycles. The second-order valence-corrected chi connectivity index (χ2v) is 4.61. The third-order valence-electron chi connectivity index (χ3n) is 2.75. The minimum Gasteiger partial charge on any atom is -0.490 e. The highest BCUT2D eigenvalue weighted by molar-refractivity contribution is 6.30. The van der Waals surface area contributed by atoms with E-state index in [1.165, 1.54) is 6.20 Å². The molecule has 2 N–H and O–H groups in total. The third kappa shape index (κ3) is 3.78. The molecule has 0 unspecified atom stereocenters. The van der Waals surface area contributed by atoms with Crippen molar-refractivity contribution in [3.63, 3.8) is 0 Å². The zero-order valence-electron chi connectivity index (χ0n) is 11.3. The molecule has 0 fully saturated rings. The number of nitrogens with zero attached hydrogens (tertiary/aromatic N) is 1. The lowest BCUT2D eigenvalue weighted by Gasteiger charge is -2.12. The van der Waals surface area contributed by atoms with Crippen LogP contribution in [0, 0.1) is 0 Å². The Bertz CT molecular complexity index is 576. The Morgan fingerprint density at radius 3 is 2.60 bits per heavy atom. The molecule has 0 aliphatic heterocycles. The van der Waals surface area contributed by atoms with E-state index in [-0.39, 0.29) is 0 Å². The van der Waals surface area contributed by atoms with Crippen LogP contribution in [0.5, 0.6) is 11.5 Å². The van der Waals surface area contributed by atoms with E-state index in [1.807, 2.05) is 37.3 Å². The molecule has 0 atom stereocenters. The van der Waals surface area contributed by atoms with Crippen LogP contribution in [0.3, 0.4) is 0 Å². The first-order valence-electron chi connectivity index (χ1n) is 6.45. The van der Waals surface area contributed by atoms with Gasteiger partial charge in [-0.3, -0.25) is 0 Å². The van der Waals surface area contributed by atoms with Crippen LogP contribution in [0.15, 0.2) is 36.5 Å². The van der Waals surface area contributed by atoms with Gasteiger partial charge in [-0.05, 0) is 30.7 Å². The Balaban J connectivity index is 1.97. The molecule has 2 aromatic rings. The summed E-state index contributed by atoms with van der Waals surface area (Å²) in [5, 5.41) is 0.573. The quantitative estimate of drug-likeness (QED) is 0.887. The van der Waals surface area contributed by atoms with Gasteiger partial charge in [-0.15, -0.1) is 0 Å². The molecule has 0 aliphatic carbocycles. The van der Waals surface area contributed by atoms with Gasteiger partial charge in [-0.1, -0.05) is 23.7 Å². The van der Waals surface area contributed by atoms with Crippen molar-refractivity contribution in [3.05, 3.63) is 47.1 Å². The fraction of sp³-hybridized carbons (Fsp3) is 0.267. The first kappa shape index (κ1) is 14.5. The number of para-hydroxylation sites is 2. The highest BCUT2D eigenvalue weighted by atomic mass is 35.5. The lowest BCUT2D eigenvalue weighted by Crippen LogP contribution is -2.06. The van der Waals surface area contributed by atoms with Crippen LogP contribution in [0.4, 0.5) is 5.82 Å². The van der Waals surface area contributed by atoms with Crippen LogP contribution in [0.1, 0.15) is 12.5 Å². The summed E-state index contributed by atoms with van der Waals surface area (Å²) < 4.78 is 11.2. The van der Waals surface area contributed by atoms with Crippen molar-refractivity contribution < 1.29 is 9.47 Å². The van der Waals surface area contributed by atoms with Gasteiger partial charge < -0.3 is 15.2 Å². The number of anilines is 1. The summed E-state index contributed by atoms with van der Waals surface area (Å²) in [6.07, 6.45) is 2.17. The summed E-state index contributed by atoms with van der Waals surface area (Å²) in [5.41, 5.74) is 6.68. The van der Waals surface area contributed by atoms with Gasteiger partial charge in [0.25, 0.3) is 0 Å². The van der Waals surface area contributed by atoms with Crippen LogP contribution in [0.2, 0.25) is 5.02 Å². The number of ether oxygens (including phenoxy) is 2. The molecule has 20 heavy (non-hydrogen) atoms. The van der Waals surface area contributed by atoms with E-state index in [2.05, 4.69) is 4.98 Å². The molecule has 1 aromatic carbocycles. The SMILES string of the molecule is CCOc1ccccc1OCCc1cc(Cl)cnc1N. The monoisotopic (exact) mass is 292 g/mol. The Morgan fingerprint density at radius 1 is 1.20 bits per heavy atom. The van der Waals surface area contributed by atoms with Crippen molar-refractivity contribution in [2.24, 2.45) is 0 Å². The number of aromatic nitrogens is 1. The van der Waals surface area contributed by atoms with E-state index in [4.69, 9.17) is 26.8 Å². The number of rotatable bonds is 6. The molecule has 1 aromatic heterocycles. The number of hydrogen-bond acceptors (Lipinski definition) is 4. The number of nitrogen functional groups attached to an aromatic ring is 1. The maximum absolute atomic E-state index is 5.90. The molecule has 0 amide bonds. The van der Waals surface area contributed by atoms with E-state index in [9.17, 15) is 0 Å². The number of benzene rings is 1.